The number of hydrogen-bond donors (Lipinski definition) is 1. The van der Waals surface area contributed by atoms with Crippen molar-refractivity contribution in [3.8, 4) is 11.4 Å². The monoisotopic (exact) mass is 480 g/mol. The van der Waals surface area contributed by atoms with Gasteiger partial charge in [0.2, 0.25) is 5.82 Å². The van der Waals surface area contributed by atoms with Crippen molar-refractivity contribution in [2.75, 3.05) is 6.54 Å². The summed E-state index contributed by atoms with van der Waals surface area (Å²) in [5, 5.41) is 8.57. The SMILES string of the molecule is CC1=C(c2nc(-c3cccc(C)c3)no2)C(c2ccc(C)cc2)NC(=S)N1CCc1ccccc1. The van der Waals surface area contributed by atoms with E-state index in [1.807, 2.05) is 18.2 Å². The number of allylic oxidation sites excluding steroid dienone is 1. The van der Waals surface area contributed by atoms with Gasteiger partial charge in [-0.1, -0.05) is 89.1 Å². The van der Waals surface area contributed by atoms with Crippen LogP contribution in [0.5, 0.6) is 0 Å². The molecule has 4 aromatic rings. The van der Waals surface area contributed by atoms with Gasteiger partial charge in [0.1, 0.15) is 0 Å². The molecule has 176 valence electrons. The lowest BCUT2D eigenvalue weighted by molar-refractivity contribution is 0.397. The molecule has 3 aromatic carbocycles. The molecule has 1 aliphatic rings. The van der Waals surface area contributed by atoms with Crippen molar-refractivity contribution in [2.24, 2.45) is 0 Å². The Balaban J connectivity index is 1.55. The third-order valence-electron chi connectivity index (χ3n) is 6.41. The van der Waals surface area contributed by atoms with E-state index in [0.717, 1.165) is 40.9 Å². The van der Waals surface area contributed by atoms with E-state index >= 15 is 0 Å². The molecule has 0 aliphatic carbocycles. The quantitative estimate of drug-likeness (QED) is 0.329. The Morgan fingerprint density at radius 2 is 1.69 bits per heavy atom. The molecular formula is C29H28N4OS. The number of aryl methyl sites for hydroxylation is 2. The molecule has 0 saturated heterocycles. The molecule has 1 unspecified atom stereocenters. The van der Waals surface area contributed by atoms with Gasteiger partial charge < -0.3 is 14.7 Å². The molecular weight excluding hydrogens is 452 g/mol. The Hall–Kier alpha value is -3.77. The molecule has 1 atom stereocenters. The Kier molecular flexibility index (Phi) is 6.47. The van der Waals surface area contributed by atoms with Crippen LogP contribution in [0.2, 0.25) is 0 Å². The van der Waals surface area contributed by atoms with Crippen molar-refractivity contribution in [3.05, 3.63) is 113 Å². The smallest absolute Gasteiger partial charge is 0.258 e. The topological polar surface area (TPSA) is 54.2 Å². The average molecular weight is 481 g/mol. The molecule has 2 heterocycles. The van der Waals surface area contributed by atoms with Crippen LogP contribution in [0.25, 0.3) is 17.0 Å². The summed E-state index contributed by atoms with van der Waals surface area (Å²) in [5.74, 6) is 1.08. The van der Waals surface area contributed by atoms with Crippen LogP contribution in [-0.4, -0.2) is 26.7 Å². The van der Waals surface area contributed by atoms with Gasteiger partial charge in [-0.2, -0.15) is 4.98 Å². The Morgan fingerprint density at radius 1 is 0.914 bits per heavy atom. The summed E-state index contributed by atoms with van der Waals surface area (Å²) >= 11 is 5.84. The number of benzene rings is 3. The zero-order chi connectivity index (χ0) is 24.4. The van der Waals surface area contributed by atoms with Gasteiger partial charge in [0, 0.05) is 17.8 Å². The van der Waals surface area contributed by atoms with Crippen LogP contribution in [0.1, 0.15) is 41.1 Å². The van der Waals surface area contributed by atoms with Crippen molar-refractivity contribution in [2.45, 2.75) is 33.2 Å². The Labute approximate surface area is 211 Å². The highest BCUT2D eigenvalue weighted by molar-refractivity contribution is 7.80. The van der Waals surface area contributed by atoms with Gasteiger partial charge in [-0.05, 0) is 56.6 Å². The highest BCUT2D eigenvalue weighted by atomic mass is 32.1. The molecule has 0 radical (unpaired) electrons. The lowest BCUT2D eigenvalue weighted by atomic mass is 9.94. The minimum absolute atomic E-state index is 0.179. The van der Waals surface area contributed by atoms with Crippen LogP contribution in [0.3, 0.4) is 0 Å². The van der Waals surface area contributed by atoms with Gasteiger partial charge in [-0.15, -0.1) is 0 Å². The standard InChI is InChI=1S/C29H28N4OS/c1-19-12-14-23(15-13-19)26-25(28-31-27(32-34-28)24-11-7-8-20(2)18-24)21(3)33(29(35)30-26)17-16-22-9-5-4-6-10-22/h4-15,18,26H,16-17H2,1-3H3,(H,30,35). The van der Waals surface area contributed by atoms with Gasteiger partial charge in [-0.25, -0.2) is 0 Å². The van der Waals surface area contributed by atoms with Gasteiger partial charge in [0.05, 0.1) is 11.6 Å². The fourth-order valence-corrected chi connectivity index (χ4v) is 4.80. The van der Waals surface area contributed by atoms with Gasteiger partial charge >= 0.3 is 0 Å². The lowest BCUT2D eigenvalue weighted by Gasteiger charge is -2.37. The van der Waals surface area contributed by atoms with Crippen molar-refractivity contribution >= 4 is 22.9 Å². The minimum Gasteiger partial charge on any atom is -0.351 e. The first-order valence-corrected chi connectivity index (χ1v) is 12.2. The molecule has 5 nitrogen and oxygen atoms in total. The van der Waals surface area contributed by atoms with E-state index in [2.05, 4.69) is 96.8 Å². The number of nitrogens with one attached hydrogen (secondary N) is 1. The zero-order valence-corrected chi connectivity index (χ0v) is 21.0. The number of nitrogens with zero attached hydrogens (tertiary/aromatic N) is 3. The second-order valence-electron chi connectivity index (χ2n) is 8.97. The Morgan fingerprint density at radius 3 is 2.43 bits per heavy atom. The summed E-state index contributed by atoms with van der Waals surface area (Å²) in [6, 6.07) is 26.9. The summed E-state index contributed by atoms with van der Waals surface area (Å²) in [6.45, 7) is 6.99. The van der Waals surface area contributed by atoms with E-state index in [4.69, 9.17) is 21.7 Å². The summed E-state index contributed by atoms with van der Waals surface area (Å²) in [6.07, 6.45) is 0.876. The van der Waals surface area contributed by atoms with Crippen LogP contribution in [-0.2, 0) is 6.42 Å². The largest absolute Gasteiger partial charge is 0.351 e. The maximum absolute atomic E-state index is 5.86. The van der Waals surface area contributed by atoms with E-state index in [1.54, 1.807) is 0 Å². The predicted molar refractivity (Wildman–Crippen MR) is 144 cm³/mol. The molecule has 1 N–H and O–H groups in total. The van der Waals surface area contributed by atoms with Crippen molar-refractivity contribution < 1.29 is 4.52 Å². The number of rotatable bonds is 6. The Bertz CT molecular complexity index is 1380. The first kappa shape index (κ1) is 23.0. The third kappa shape index (κ3) is 4.88. The van der Waals surface area contributed by atoms with E-state index in [9.17, 15) is 0 Å². The molecule has 0 spiro atoms. The third-order valence-corrected chi connectivity index (χ3v) is 6.74. The highest BCUT2D eigenvalue weighted by Gasteiger charge is 2.34. The molecule has 35 heavy (non-hydrogen) atoms. The van der Waals surface area contributed by atoms with Crippen molar-refractivity contribution in [1.29, 1.82) is 0 Å². The fraction of sp³-hybridized carbons (Fsp3) is 0.207. The number of aromatic nitrogens is 2. The van der Waals surface area contributed by atoms with Crippen LogP contribution < -0.4 is 5.32 Å². The first-order chi connectivity index (χ1) is 17.0. The summed E-state index contributed by atoms with van der Waals surface area (Å²) < 4.78 is 5.86. The van der Waals surface area contributed by atoms with Crippen LogP contribution >= 0.6 is 12.2 Å². The molecule has 1 aliphatic heterocycles. The summed E-state index contributed by atoms with van der Waals surface area (Å²) in [4.78, 5) is 6.96. The second-order valence-corrected chi connectivity index (χ2v) is 9.36. The van der Waals surface area contributed by atoms with Crippen LogP contribution in [0, 0.1) is 13.8 Å². The predicted octanol–water partition coefficient (Wildman–Crippen LogP) is 6.26. The molecule has 0 fully saturated rings. The van der Waals surface area contributed by atoms with Crippen LogP contribution in [0.4, 0.5) is 0 Å². The minimum atomic E-state index is -0.179. The lowest BCUT2D eigenvalue weighted by Crippen LogP contribution is -2.46. The van der Waals surface area contributed by atoms with Gasteiger partial charge in [0.15, 0.2) is 5.11 Å². The number of thiocarbonyl (C=S) groups is 1. The van der Waals surface area contributed by atoms with Crippen molar-refractivity contribution in [3.63, 3.8) is 0 Å². The fourth-order valence-electron chi connectivity index (χ4n) is 4.46. The van der Waals surface area contributed by atoms with Gasteiger partial charge in [0.25, 0.3) is 5.89 Å². The summed E-state index contributed by atoms with van der Waals surface area (Å²) in [7, 11) is 0. The molecule has 0 saturated carbocycles. The molecule has 0 amide bonds. The zero-order valence-electron chi connectivity index (χ0n) is 20.2. The molecule has 5 rings (SSSR count). The molecule has 0 bridgehead atoms. The maximum Gasteiger partial charge on any atom is 0.258 e. The van der Waals surface area contributed by atoms with Crippen LogP contribution in [0.15, 0.2) is 89.1 Å². The molecule has 1 aromatic heterocycles. The number of hydrogen-bond acceptors (Lipinski definition) is 4. The second kappa shape index (κ2) is 9.84. The molecule has 6 heteroatoms. The first-order valence-electron chi connectivity index (χ1n) is 11.8. The highest BCUT2D eigenvalue weighted by Crippen LogP contribution is 2.37. The summed E-state index contributed by atoms with van der Waals surface area (Å²) in [5.41, 5.74) is 7.63. The van der Waals surface area contributed by atoms with Gasteiger partial charge in [-0.3, -0.25) is 0 Å². The van der Waals surface area contributed by atoms with Crippen molar-refractivity contribution in [1.82, 2.24) is 20.4 Å². The van der Waals surface area contributed by atoms with E-state index in [-0.39, 0.29) is 6.04 Å². The van der Waals surface area contributed by atoms with E-state index in [0.29, 0.717) is 16.8 Å². The maximum atomic E-state index is 5.86. The average Bonchev–Trinajstić information content (AvgIpc) is 3.34. The van der Waals surface area contributed by atoms with E-state index in [1.165, 1.54) is 11.1 Å². The van der Waals surface area contributed by atoms with E-state index < -0.39 is 0 Å². The normalized spacial score (nSPS) is 15.9.